The Morgan fingerprint density at radius 3 is 2.20 bits per heavy atom. The summed E-state index contributed by atoms with van der Waals surface area (Å²) in [6.45, 7) is -0.672. The van der Waals surface area contributed by atoms with E-state index in [1.807, 2.05) is 0 Å². The van der Waals surface area contributed by atoms with Crippen LogP contribution in [0.4, 0.5) is 0 Å². The van der Waals surface area contributed by atoms with Crippen molar-refractivity contribution in [3.63, 3.8) is 0 Å². The quantitative estimate of drug-likeness (QED) is 0.558. The third-order valence-electron chi connectivity index (χ3n) is 2.95. The molecule has 0 spiro atoms. The lowest BCUT2D eigenvalue weighted by atomic mass is 10.0. The summed E-state index contributed by atoms with van der Waals surface area (Å²) in [6.07, 6.45) is 5.58. The molecule has 2 saturated carbocycles. The van der Waals surface area contributed by atoms with Crippen LogP contribution in [0.3, 0.4) is 0 Å². The van der Waals surface area contributed by atoms with Gasteiger partial charge in [0.1, 0.15) is 0 Å². The van der Waals surface area contributed by atoms with E-state index in [1.165, 1.54) is 25.7 Å². The van der Waals surface area contributed by atoms with Gasteiger partial charge in [-0.05, 0) is 31.1 Å². The molecule has 10 heavy (non-hydrogen) atoms. The molecule has 2 fully saturated rings. The van der Waals surface area contributed by atoms with Crippen LogP contribution in [0.15, 0.2) is 0 Å². The minimum absolute atomic E-state index is 0.672. The fourth-order valence-corrected chi connectivity index (χ4v) is 4.93. The summed E-state index contributed by atoms with van der Waals surface area (Å²) >= 11 is 11.8. The second-order valence-electron chi connectivity index (χ2n) is 3.50. The van der Waals surface area contributed by atoms with Crippen molar-refractivity contribution in [1.82, 2.24) is 0 Å². The smallest absolute Gasteiger partial charge is 0.0778 e. The molecule has 3 heteroatoms. The second kappa shape index (κ2) is 2.81. The van der Waals surface area contributed by atoms with Crippen molar-refractivity contribution in [2.45, 2.75) is 31.3 Å². The lowest BCUT2D eigenvalue weighted by Crippen LogP contribution is -2.11. The average molecular weight is 197 g/mol. The molecule has 0 aliphatic heterocycles. The Hall–Kier alpha value is 1.01. The zero-order valence-electron chi connectivity index (χ0n) is 5.76. The predicted octanol–water partition coefficient (Wildman–Crippen LogP) is 3.96. The van der Waals surface area contributed by atoms with Gasteiger partial charge in [-0.3, -0.25) is 0 Å². The van der Waals surface area contributed by atoms with E-state index >= 15 is 0 Å². The van der Waals surface area contributed by atoms with Crippen molar-refractivity contribution in [2.24, 2.45) is 11.8 Å². The van der Waals surface area contributed by atoms with Crippen molar-refractivity contribution < 1.29 is 0 Å². The molecule has 2 bridgehead atoms. The molecule has 2 rings (SSSR count). The molecule has 0 aromatic rings. The van der Waals surface area contributed by atoms with Crippen molar-refractivity contribution in [2.75, 3.05) is 0 Å². The van der Waals surface area contributed by atoms with Gasteiger partial charge in [0.15, 0.2) is 0 Å². The fourth-order valence-electron chi connectivity index (χ4n) is 2.45. The number of halogens is 2. The molecule has 0 N–H and O–H groups in total. The standard InChI is InChI=1S/C7H11Cl2P/c8-10(9)7-4-5-1-2-6(7)3-5/h5-7H,1-4H2. The highest BCUT2D eigenvalue weighted by Crippen LogP contribution is 2.63. The Balaban J connectivity index is 2.02. The zero-order valence-corrected chi connectivity index (χ0v) is 8.17. The van der Waals surface area contributed by atoms with E-state index in [0.29, 0.717) is 5.66 Å². The van der Waals surface area contributed by atoms with Crippen molar-refractivity contribution >= 4 is 29.1 Å². The summed E-state index contributed by atoms with van der Waals surface area (Å²) in [5, 5.41) is 0. The molecule has 2 aliphatic carbocycles. The number of hydrogen-bond donors (Lipinski definition) is 0. The lowest BCUT2D eigenvalue weighted by molar-refractivity contribution is 0.490. The summed E-state index contributed by atoms with van der Waals surface area (Å²) in [5.74, 6) is 1.88. The maximum atomic E-state index is 5.91. The van der Waals surface area contributed by atoms with Gasteiger partial charge in [0.25, 0.3) is 0 Å². The molecule has 0 nitrogen and oxygen atoms in total. The fraction of sp³-hybridized carbons (Fsp3) is 1.00. The first-order valence-electron chi connectivity index (χ1n) is 3.88. The highest BCUT2D eigenvalue weighted by atomic mass is 35.9. The van der Waals surface area contributed by atoms with Crippen LogP contribution in [0, 0.1) is 11.8 Å². The molecular formula is C7H11Cl2P. The lowest BCUT2D eigenvalue weighted by Gasteiger charge is -2.21. The van der Waals surface area contributed by atoms with E-state index in [4.69, 9.17) is 22.5 Å². The van der Waals surface area contributed by atoms with E-state index in [9.17, 15) is 0 Å². The topological polar surface area (TPSA) is 0 Å². The van der Waals surface area contributed by atoms with Crippen molar-refractivity contribution in [1.29, 1.82) is 0 Å². The summed E-state index contributed by atoms with van der Waals surface area (Å²) < 4.78 is 0. The van der Waals surface area contributed by atoms with Crippen LogP contribution in [-0.4, -0.2) is 5.66 Å². The first-order valence-corrected chi connectivity index (χ1v) is 7.10. The van der Waals surface area contributed by atoms with Gasteiger partial charge in [0.05, 0.1) is 6.63 Å². The Labute approximate surface area is 72.6 Å². The zero-order chi connectivity index (χ0) is 7.14. The van der Waals surface area contributed by atoms with Gasteiger partial charge in [-0.25, -0.2) is 0 Å². The first kappa shape index (κ1) is 7.65. The van der Waals surface area contributed by atoms with Crippen LogP contribution in [0.1, 0.15) is 25.7 Å². The summed E-state index contributed by atoms with van der Waals surface area (Å²) in [7, 11) is 0. The van der Waals surface area contributed by atoms with Gasteiger partial charge < -0.3 is 0 Å². The predicted molar refractivity (Wildman–Crippen MR) is 47.9 cm³/mol. The largest absolute Gasteiger partial charge is 0.0889 e. The van der Waals surface area contributed by atoms with Crippen LogP contribution < -0.4 is 0 Å². The molecule has 0 amide bonds. The van der Waals surface area contributed by atoms with Crippen LogP contribution in [0.5, 0.6) is 0 Å². The number of rotatable bonds is 1. The van der Waals surface area contributed by atoms with Crippen LogP contribution in [0.2, 0.25) is 0 Å². The van der Waals surface area contributed by atoms with E-state index in [2.05, 4.69) is 0 Å². The molecule has 2 aliphatic rings. The van der Waals surface area contributed by atoms with Gasteiger partial charge in [0.2, 0.25) is 0 Å². The van der Waals surface area contributed by atoms with Crippen LogP contribution >= 0.6 is 29.1 Å². The Morgan fingerprint density at radius 1 is 1.10 bits per heavy atom. The average Bonchev–Trinajstić information content (AvgIpc) is 2.44. The number of fused-ring (bicyclic) bond motifs is 2. The molecule has 3 atom stereocenters. The van der Waals surface area contributed by atoms with Gasteiger partial charge in [-0.1, -0.05) is 28.9 Å². The monoisotopic (exact) mass is 196 g/mol. The van der Waals surface area contributed by atoms with Gasteiger partial charge in [0, 0.05) is 5.66 Å². The normalized spacial score (nSPS) is 45.3. The highest BCUT2D eigenvalue weighted by molar-refractivity contribution is 8.04. The Kier molecular flexibility index (Phi) is 2.15. The Morgan fingerprint density at radius 2 is 1.90 bits per heavy atom. The first-order chi connectivity index (χ1) is 4.77. The van der Waals surface area contributed by atoms with Gasteiger partial charge in [-0.2, -0.15) is 0 Å². The highest BCUT2D eigenvalue weighted by Gasteiger charge is 2.42. The SMILES string of the molecule is ClP(Cl)C1CC2CCC1C2. The van der Waals surface area contributed by atoms with Gasteiger partial charge >= 0.3 is 0 Å². The summed E-state index contributed by atoms with van der Waals surface area (Å²) in [4.78, 5) is 0. The molecule has 0 saturated heterocycles. The van der Waals surface area contributed by atoms with E-state index in [-0.39, 0.29) is 0 Å². The molecule has 0 heterocycles. The van der Waals surface area contributed by atoms with E-state index in [1.54, 1.807) is 0 Å². The molecule has 0 aromatic heterocycles. The maximum Gasteiger partial charge on any atom is 0.0889 e. The molecule has 0 radical (unpaired) electrons. The van der Waals surface area contributed by atoms with Crippen molar-refractivity contribution in [3.05, 3.63) is 0 Å². The van der Waals surface area contributed by atoms with Crippen LogP contribution in [0.25, 0.3) is 0 Å². The Bertz CT molecular complexity index is 138. The van der Waals surface area contributed by atoms with Crippen LogP contribution in [-0.2, 0) is 0 Å². The minimum atomic E-state index is -0.672. The maximum absolute atomic E-state index is 5.91. The molecule has 58 valence electrons. The number of hydrogen-bond acceptors (Lipinski definition) is 0. The van der Waals surface area contributed by atoms with Crippen molar-refractivity contribution in [3.8, 4) is 0 Å². The third kappa shape index (κ3) is 1.19. The molecule has 3 unspecified atom stereocenters. The van der Waals surface area contributed by atoms with E-state index < -0.39 is 6.63 Å². The third-order valence-corrected chi connectivity index (χ3v) is 5.59. The molecular weight excluding hydrogens is 186 g/mol. The summed E-state index contributed by atoms with van der Waals surface area (Å²) in [6, 6.07) is 0. The minimum Gasteiger partial charge on any atom is -0.0778 e. The van der Waals surface area contributed by atoms with E-state index in [0.717, 1.165) is 11.8 Å². The van der Waals surface area contributed by atoms with Gasteiger partial charge in [-0.15, -0.1) is 0 Å². The second-order valence-corrected chi connectivity index (χ2v) is 7.39. The molecule has 0 aromatic carbocycles. The summed E-state index contributed by atoms with van der Waals surface area (Å²) in [5.41, 5.74) is 0.692.